The van der Waals surface area contributed by atoms with Crippen LogP contribution in [0.4, 0.5) is 0 Å². The Balaban J connectivity index is 4.56. The van der Waals surface area contributed by atoms with Gasteiger partial charge in [-0.2, -0.15) is 0 Å². The van der Waals surface area contributed by atoms with Crippen LogP contribution < -0.4 is 10.6 Å². The number of carboxylic acids is 4. The van der Waals surface area contributed by atoms with Crippen LogP contribution in [0.1, 0.15) is 271 Å². The van der Waals surface area contributed by atoms with E-state index in [2.05, 4.69) is 29.4 Å². The molecule has 0 fully saturated rings. The maximum Gasteiger partial charge on any atom is 0.317 e. The molecule has 0 bridgehead atoms. The summed E-state index contributed by atoms with van der Waals surface area (Å²) >= 11 is 0. The summed E-state index contributed by atoms with van der Waals surface area (Å²) in [6.45, 7) is 6.44. The normalized spacial score (nSPS) is 11.6. The van der Waals surface area contributed by atoms with Crippen LogP contribution >= 0.6 is 0 Å². The molecule has 0 heterocycles. The van der Waals surface area contributed by atoms with E-state index in [4.69, 9.17) is 0 Å². The molecule has 0 saturated carbocycles. The number of hydrogen-bond acceptors (Lipinski definition) is 10. The minimum atomic E-state index is -1.20. The predicted octanol–water partition coefficient (Wildman–Crippen LogP) is 12.4. The zero-order valence-corrected chi connectivity index (χ0v) is 50.2. The average molecular weight is 1110 g/mol. The number of nitrogens with one attached hydrogen (secondary N) is 2. The van der Waals surface area contributed by atoms with Crippen molar-refractivity contribution < 1.29 is 49.2 Å². The van der Waals surface area contributed by atoms with Crippen LogP contribution in [0, 0.1) is 0 Å². The van der Waals surface area contributed by atoms with Crippen molar-refractivity contribution in [2.45, 2.75) is 271 Å². The average Bonchev–Trinajstić information content (AvgIpc) is 3.38. The smallest absolute Gasteiger partial charge is 0.317 e. The van der Waals surface area contributed by atoms with E-state index >= 15 is 0 Å². The Labute approximate surface area is 475 Å². The fourth-order valence-electron chi connectivity index (χ4n) is 10.3. The molecule has 2 amide bonds. The zero-order valence-electron chi connectivity index (χ0n) is 50.2. The quantitative estimate of drug-likeness (QED) is 0.0312. The molecule has 0 aliphatic rings. The first-order valence-corrected chi connectivity index (χ1v) is 32.2. The van der Waals surface area contributed by atoms with Gasteiger partial charge < -0.3 is 31.1 Å². The van der Waals surface area contributed by atoms with Crippen LogP contribution in [0.25, 0.3) is 0 Å². The largest absolute Gasteiger partial charge is 0.480 e. The van der Waals surface area contributed by atoms with Crippen molar-refractivity contribution in [1.29, 1.82) is 0 Å². The van der Waals surface area contributed by atoms with E-state index in [1.807, 2.05) is 0 Å². The summed E-state index contributed by atoms with van der Waals surface area (Å²) in [5, 5.41) is 43.0. The number of carboxylic acid groups (broad SMARTS) is 4. The summed E-state index contributed by atoms with van der Waals surface area (Å²) in [6.07, 6.45) is 51.8. The van der Waals surface area contributed by atoms with Crippen LogP contribution in [0.5, 0.6) is 0 Å². The first-order chi connectivity index (χ1) is 37.9. The number of nitrogens with zero attached hydrogens (tertiary/aromatic N) is 4. The van der Waals surface area contributed by atoms with Gasteiger partial charge in [0.05, 0.1) is 39.3 Å². The van der Waals surface area contributed by atoms with Crippen LogP contribution in [0.2, 0.25) is 0 Å². The summed E-state index contributed by atoms with van der Waals surface area (Å²) in [5.74, 6) is -4.92. The minimum absolute atomic E-state index is 0.0242. The molecule has 0 aromatic carbocycles. The molecule has 0 saturated heterocycles. The molecule has 0 spiro atoms. The number of hydrogen-bond donors (Lipinski definition) is 6. The molecule has 78 heavy (non-hydrogen) atoms. The van der Waals surface area contributed by atoms with Gasteiger partial charge in [-0.3, -0.25) is 48.4 Å². The summed E-state index contributed by atoms with van der Waals surface area (Å²) in [4.78, 5) is 77.7. The van der Waals surface area contributed by atoms with E-state index in [0.29, 0.717) is 19.6 Å². The second-order valence-corrected chi connectivity index (χ2v) is 22.7. The van der Waals surface area contributed by atoms with E-state index < -0.39 is 50.1 Å². The van der Waals surface area contributed by atoms with Crippen molar-refractivity contribution in [2.24, 2.45) is 0 Å². The Bertz CT molecular complexity index is 1330. The topological polar surface area (TPSA) is 220 Å². The molecule has 0 rings (SSSR count). The molecule has 0 atom stereocenters. The third-order valence-electron chi connectivity index (χ3n) is 15.0. The van der Waals surface area contributed by atoms with E-state index in [1.165, 1.54) is 215 Å². The van der Waals surface area contributed by atoms with Gasteiger partial charge in [0.25, 0.3) is 0 Å². The predicted molar refractivity (Wildman–Crippen MR) is 318 cm³/mol. The van der Waals surface area contributed by atoms with E-state index in [0.717, 1.165) is 64.5 Å². The Morgan fingerprint density at radius 2 is 0.436 bits per heavy atom. The monoisotopic (exact) mass is 1110 g/mol. The second-order valence-electron chi connectivity index (χ2n) is 22.7. The lowest BCUT2D eigenvalue weighted by atomic mass is 10.0. The van der Waals surface area contributed by atoms with E-state index in [1.54, 1.807) is 4.90 Å². The SMILES string of the molecule is CCCCCCCCCCCCCCCCCCN(CCCCCCCCCCCCCCCCCC)CC(=O)NCCCCCCCCCCNC(=O)CN(CCN(CC(=O)O)CC(=O)O)CCN(CC(=O)O)CC(=O)O. The molecule has 16 heteroatoms. The Morgan fingerprint density at radius 3 is 0.667 bits per heavy atom. The van der Waals surface area contributed by atoms with Crippen LogP contribution in [-0.2, 0) is 28.8 Å². The number of carbonyl (C=O) groups is 6. The highest BCUT2D eigenvalue weighted by Gasteiger charge is 2.20. The maximum absolute atomic E-state index is 13.1. The van der Waals surface area contributed by atoms with Crippen LogP contribution in [0.3, 0.4) is 0 Å². The molecule has 0 aromatic rings. The molecule has 458 valence electrons. The number of aliphatic carboxylic acids is 4. The van der Waals surface area contributed by atoms with E-state index in [-0.39, 0.29) is 44.5 Å². The molecule has 0 aliphatic heterocycles. The Morgan fingerprint density at radius 1 is 0.244 bits per heavy atom. The number of amides is 2. The number of carbonyl (C=O) groups excluding carboxylic acids is 2. The highest BCUT2D eigenvalue weighted by atomic mass is 16.4. The van der Waals surface area contributed by atoms with Crippen molar-refractivity contribution >= 4 is 35.7 Å². The first kappa shape index (κ1) is 74.7. The molecular formula is C62H120N6O10. The molecule has 0 aliphatic carbocycles. The third-order valence-corrected chi connectivity index (χ3v) is 15.0. The molecule has 0 aromatic heterocycles. The van der Waals surface area contributed by atoms with Gasteiger partial charge in [0.1, 0.15) is 0 Å². The molecule has 6 N–H and O–H groups in total. The van der Waals surface area contributed by atoms with Gasteiger partial charge in [0, 0.05) is 39.3 Å². The van der Waals surface area contributed by atoms with Crippen LogP contribution in [-0.4, -0.2) is 167 Å². The highest BCUT2D eigenvalue weighted by Crippen LogP contribution is 2.16. The van der Waals surface area contributed by atoms with Crippen molar-refractivity contribution in [3.8, 4) is 0 Å². The van der Waals surface area contributed by atoms with Crippen molar-refractivity contribution in [3.63, 3.8) is 0 Å². The second kappa shape index (κ2) is 56.9. The lowest BCUT2D eigenvalue weighted by Gasteiger charge is -2.28. The lowest BCUT2D eigenvalue weighted by molar-refractivity contribution is -0.143. The summed E-state index contributed by atoms with van der Waals surface area (Å²) in [5.41, 5.74) is 0. The van der Waals surface area contributed by atoms with Gasteiger partial charge in [0.15, 0.2) is 0 Å². The van der Waals surface area contributed by atoms with Gasteiger partial charge in [-0.25, -0.2) is 0 Å². The third kappa shape index (κ3) is 56.0. The van der Waals surface area contributed by atoms with E-state index in [9.17, 15) is 49.2 Å². The van der Waals surface area contributed by atoms with Gasteiger partial charge in [0.2, 0.25) is 11.8 Å². The van der Waals surface area contributed by atoms with Crippen molar-refractivity contribution in [1.82, 2.24) is 30.2 Å². The minimum Gasteiger partial charge on any atom is -0.480 e. The standard InChI is InChI=1S/C62H120N6O10/c1-3-5-7-9-11-13-15-17-19-21-23-25-29-33-37-41-45-65(46-42-38-34-30-26-24-22-20-18-16-14-12-10-8-6-4-2)51-57(69)63-43-39-35-31-27-28-32-36-40-44-64-58(70)52-66(47-49-67(53-59(71)72)54-60(73)74)48-50-68(55-61(75)76)56-62(77)78/h3-56H2,1-2H3,(H,63,69)(H,64,70)(H,71,72)(H,73,74)(H,75,76)(H,77,78). The van der Waals surface area contributed by atoms with Crippen molar-refractivity contribution in [3.05, 3.63) is 0 Å². The van der Waals surface area contributed by atoms with Gasteiger partial charge in [-0.15, -0.1) is 0 Å². The number of unbranched alkanes of at least 4 members (excludes halogenated alkanes) is 37. The molecule has 0 unspecified atom stereocenters. The summed E-state index contributed by atoms with van der Waals surface area (Å²) in [6, 6.07) is 0. The van der Waals surface area contributed by atoms with Crippen LogP contribution in [0.15, 0.2) is 0 Å². The number of rotatable bonds is 63. The molecule has 16 nitrogen and oxygen atoms in total. The van der Waals surface area contributed by atoms with Crippen molar-refractivity contribution in [2.75, 3.05) is 91.6 Å². The molecular weight excluding hydrogens is 989 g/mol. The summed E-state index contributed by atoms with van der Waals surface area (Å²) in [7, 11) is 0. The summed E-state index contributed by atoms with van der Waals surface area (Å²) < 4.78 is 0. The fourth-order valence-corrected chi connectivity index (χ4v) is 10.3. The van der Waals surface area contributed by atoms with Gasteiger partial charge in [-0.1, -0.05) is 245 Å². The maximum atomic E-state index is 13.1. The molecule has 0 radical (unpaired) electrons. The first-order valence-electron chi connectivity index (χ1n) is 32.2. The Kier molecular flexibility index (Phi) is 54.5. The fraction of sp³-hybridized carbons (Fsp3) is 0.903. The Hall–Kier alpha value is -3.34. The van der Waals surface area contributed by atoms with Gasteiger partial charge in [-0.05, 0) is 38.8 Å². The highest BCUT2D eigenvalue weighted by molar-refractivity contribution is 5.78. The van der Waals surface area contributed by atoms with Gasteiger partial charge >= 0.3 is 23.9 Å². The lowest BCUT2D eigenvalue weighted by Crippen LogP contribution is -2.47. The zero-order chi connectivity index (χ0) is 57.4.